The Labute approximate surface area is 92.8 Å². The molecule has 16 heavy (non-hydrogen) atoms. The first-order chi connectivity index (χ1) is 7.72. The maximum Gasteiger partial charge on any atom is 0.259 e. The molecule has 1 aromatic rings. The van der Waals surface area contributed by atoms with E-state index in [1.807, 2.05) is 0 Å². The van der Waals surface area contributed by atoms with E-state index in [-0.39, 0.29) is 5.91 Å². The fourth-order valence-corrected chi connectivity index (χ4v) is 1.70. The minimum atomic E-state index is -0.0794. The Bertz CT molecular complexity index is 394. The molecule has 1 saturated heterocycles. The van der Waals surface area contributed by atoms with Gasteiger partial charge in [-0.15, -0.1) is 0 Å². The van der Waals surface area contributed by atoms with Crippen LogP contribution in [0.2, 0.25) is 0 Å². The van der Waals surface area contributed by atoms with Crippen molar-refractivity contribution in [2.75, 3.05) is 26.2 Å². The van der Waals surface area contributed by atoms with Gasteiger partial charge in [0.2, 0.25) is 6.41 Å². The molecule has 0 N–H and O–H groups in total. The highest BCUT2D eigenvalue weighted by atomic mass is 16.5. The second-order valence-corrected chi connectivity index (χ2v) is 3.73. The maximum atomic E-state index is 12.0. The van der Waals surface area contributed by atoms with Gasteiger partial charge in [0.25, 0.3) is 5.91 Å². The zero-order valence-corrected chi connectivity index (χ0v) is 9.05. The molecule has 1 aromatic heterocycles. The third kappa shape index (κ3) is 1.91. The molecule has 2 heterocycles. The van der Waals surface area contributed by atoms with Crippen molar-refractivity contribution < 1.29 is 14.1 Å². The molecule has 0 bridgehead atoms. The van der Waals surface area contributed by atoms with E-state index in [0.29, 0.717) is 37.5 Å². The van der Waals surface area contributed by atoms with Crippen molar-refractivity contribution in [1.29, 1.82) is 0 Å². The Morgan fingerprint density at radius 1 is 1.44 bits per heavy atom. The van der Waals surface area contributed by atoms with Crippen molar-refractivity contribution in [2.45, 2.75) is 6.92 Å². The summed E-state index contributed by atoms with van der Waals surface area (Å²) in [6.45, 7) is 3.99. The van der Waals surface area contributed by atoms with Gasteiger partial charge < -0.3 is 14.3 Å². The predicted molar refractivity (Wildman–Crippen MR) is 54.8 cm³/mol. The number of hydrogen-bond acceptors (Lipinski definition) is 4. The number of rotatable bonds is 2. The first-order valence-corrected chi connectivity index (χ1v) is 5.12. The minimum absolute atomic E-state index is 0.0794. The average Bonchev–Trinajstić information content (AvgIpc) is 2.75. The second kappa shape index (κ2) is 4.34. The summed E-state index contributed by atoms with van der Waals surface area (Å²) in [6.07, 6.45) is 2.25. The van der Waals surface area contributed by atoms with Gasteiger partial charge >= 0.3 is 0 Å². The van der Waals surface area contributed by atoms with Gasteiger partial charge in [-0.2, -0.15) is 0 Å². The first kappa shape index (κ1) is 10.7. The number of piperazine rings is 1. The molecule has 0 aliphatic carbocycles. The highest BCUT2D eigenvalue weighted by Crippen LogP contribution is 2.11. The van der Waals surface area contributed by atoms with E-state index in [4.69, 9.17) is 4.52 Å². The van der Waals surface area contributed by atoms with Crippen LogP contribution in [-0.4, -0.2) is 53.5 Å². The minimum Gasteiger partial charge on any atom is -0.361 e. The lowest BCUT2D eigenvalue weighted by Crippen LogP contribution is -2.48. The summed E-state index contributed by atoms with van der Waals surface area (Å²) < 4.78 is 4.85. The Hall–Kier alpha value is -1.85. The number of carbonyl (C=O) groups is 2. The van der Waals surface area contributed by atoms with Crippen molar-refractivity contribution in [3.63, 3.8) is 0 Å². The van der Waals surface area contributed by atoms with Crippen LogP contribution in [0.4, 0.5) is 0 Å². The van der Waals surface area contributed by atoms with Crippen LogP contribution in [0.3, 0.4) is 0 Å². The lowest BCUT2D eigenvalue weighted by Gasteiger charge is -2.32. The lowest BCUT2D eigenvalue weighted by atomic mass is 10.2. The van der Waals surface area contributed by atoms with Gasteiger partial charge in [0.05, 0.1) is 6.20 Å². The number of aromatic nitrogens is 1. The van der Waals surface area contributed by atoms with Crippen molar-refractivity contribution in [3.8, 4) is 0 Å². The molecule has 2 amide bonds. The molecule has 0 saturated carbocycles. The van der Waals surface area contributed by atoms with Crippen LogP contribution in [0.5, 0.6) is 0 Å². The van der Waals surface area contributed by atoms with Gasteiger partial charge in [-0.05, 0) is 6.92 Å². The summed E-state index contributed by atoms with van der Waals surface area (Å²) in [6, 6.07) is 0. The monoisotopic (exact) mass is 223 g/mol. The molecular formula is C10H13N3O3. The summed E-state index contributed by atoms with van der Waals surface area (Å²) in [4.78, 5) is 25.9. The number of nitrogens with zero attached hydrogens (tertiary/aromatic N) is 3. The van der Waals surface area contributed by atoms with Crippen LogP contribution < -0.4 is 0 Å². The normalized spacial score (nSPS) is 16.3. The van der Waals surface area contributed by atoms with Gasteiger partial charge in [0, 0.05) is 26.2 Å². The van der Waals surface area contributed by atoms with E-state index in [2.05, 4.69) is 5.16 Å². The Kier molecular flexibility index (Phi) is 2.89. The van der Waals surface area contributed by atoms with Crippen LogP contribution >= 0.6 is 0 Å². The molecule has 0 aromatic carbocycles. The third-order valence-electron chi connectivity index (χ3n) is 2.73. The summed E-state index contributed by atoms with van der Waals surface area (Å²) in [5.74, 6) is 0.451. The highest BCUT2D eigenvalue weighted by molar-refractivity contribution is 5.94. The molecule has 0 unspecified atom stereocenters. The standard InChI is InChI=1S/C10H13N3O3/c1-8-9(6-11-16-8)10(15)13-4-2-12(7-14)3-5-13/h6-7H,2-5H2,1H3. The van der Waals surface area contributed by atoms with Gasteiger partial charge in [-0.25, -0.2) is 0 Å². The van der Waals surface area contributed by atoms with Crippen molar-refractivity contribution in [1.82, 2.24) is 15.0 Å². The maximum absolute atomic E-state index is 12.0. The van der Waals surface area contributed by atoms with E-state index in [1.165, 1.54) is 6.20 Å². The van der Waals surface area contributed by atoms with E-state index >= 15 is 0 Å². The van der Waals surface area contributed by atoms with Crippen LogP contribution in [-0.2, 0) is 4.79 Å². The van der Waals surface area contributed by atoms with Gasteiger partial charge in [0.15, 0.2) is 0 Å². The van der Waals surface area contributed by atoms with Crippen LogP contribution in [0.1, 0.15) is 16.1 Å². The molecule has 0 atom stereocenters. The molecule has 86 valence electrons. The number of carbonyl (C=O) groups excluding carboxylic acids is 2. The van der Waals surface area contributed by atoms with E-state index in [9.17, 15) is 9.59 Å². The van der Waals surface area contributed by atoms with Crippen LogP contribution in [0.15, 0.2) is 10.7 Å². The fraction of sp³-hybridized carbons (Fsp3) is 0.500. The largest absolute Gasteiger partial charge is 0.361 e. The summed E-state index contributed by atoms with van der Waals surface area (Å²) in [7, 11) is 0. The van der Waals surface area contributed by atoms with E-state index in [1.54, 1.807) is 16.7 Å². The molecule has 6 nitrogen and oxygen atoms in total. The van der Waals surface area contributed by atoms with Gasteiger partial charge in [0.1, 0.15) is 11.3 Å². The van der Waals surface area contributed by atoms with Crippen molar-refractivity contribution in [2.24, 2.45) is 0 Å². The smallest absolute Gasteiger partial charge is 0.259 e. The third-order valence-corrected chi connectivity index (χ3v) is 2.73. The quantitative estimate of drug-likeness (QED) is 0.656. The van der Waals surface area contributed by atoms with Gasteiger partial charge in [-0.3, -0.25) is 9.59 Å². The average molecular weight is 223 g/mol. The Morgan fingerprint density at radius 2 is 2.12 bits per heavy atom. The van der Waals surface area contributed by atoms with E-state index in [0.717, 1.165) is 6.41 Å². The number of hydrogen-bond donors (Lipinski definition) is 0. The Morgan fingerprint density at radius 3 is 2.62 bits per heavy atom. The number of amides is 2. The molecular weight excluding hydrogens is 210 g/mol. The molecule has 6 heteroatoms. The summed E-state index contributed by atoms with van der Waals surface area (Å²) in [5, 5.41) is 3.58. The SMILES string of the molecule is Cc1oncc1C(=O)N1CCN(C=O)CC1. The molecule has 0 radical (unpaired) electrons. The summed E-state index contributed by atoms with van der Waals surface area (Å²) in [5.41, 5.74) is 0.500. The second-order valence-electron chi connectivity index (χ2n) is 3.73. The molecule has 1 aliphatic rings. The zero-order valence-electron chi connectivity index (χ0n) is 9.05. The lowest BCUT2D eigenvalue weighted by molar-refractivity contribution is -0.119. The molecule has 1 fully saturated rings. The fourth-order valence-electron chi connectivity index (χ4n) is 1.70. The van der Waals surface area contributed by atoms with Gasteiger partial charge in [-0.1, -0.05) is 5.16 Å². The Balaban J connectivity index is 2.02. The molecule has 0 spiro atoms. The van der Waals surface area contributed by atoms with Crippen molar-refractivity contribution in [3.05, 3.63) is 17.5 Å². The summed E-state index contributed by atoms with van der Waals surface area (Å²) >= 11 is 0. The van der Waals surface area contributed by atoms with E-state index < -0.39 is 0 Å². The van der Waals surface area contributed by atoms with Crippen LogP contribution in [0, 0.1) is 6.92 Å². The molecule has 2 rings (SSSR count). The van der Waals surface area contributed by atoms with Crippen LogP contribution in [0.25, 0.3) is 0 Å². The molecule has 1 aliphatic heterocycles. The predicted octanol–water partition coefficient (Wildman–Crippen LogP) is -0.103. The first-order valence-electron chi connectivity index (χ1n) is 5.12. The zero-order chi connectivity index (χ0) is 11.5. The highest BCUT2D eigenvalue weighted by Gasteiger charge is 2.23. The van der Waals surface area contributed by atoms with Crippen molar-refractivity contribution >= 4 is 12.3 Å². The number of aryl methyl sites for hydroxylation is 1. The topological polar surface area (TPSA) is 66.7 Å².